The molecule has 2 aromatic carbocycles. The minimum absolute atomic E-state index is 0.0319. The molecule has 0 bridgehead atoms. The Morgan fingerprint density at radius 3 is 2.50 bits per heavy atom. The number of hydrogen-bond acceptors (Lipinski definition) is 6. The molecule has 3 N–H and O–H groups in total. The highest BCUT2D eigenvalue weighted by Crippen LogP contribution is 2.57. The molecule has 1 aliphatic rings. The van der Waals surface area contributed by atoms with Crippen LogP contribution in [0.15, 0.2) is 24.4 Å². The minimum atomic E-state index is -5.08. The first-order valence-electron chi connectivity index (χ1n) is 10.4. The van der Waals surface area contributed by atoms with Crippen LogP contribution >= 0.6 is 0 Å². The van der Waals surface area contributed by atoms with Crippen LogP contribution in [0.4, 0.5) is 23.2 Å². The molecule has 3 aromatic rings. The summed E-state index contributed by atoms with van der Waals surface area (Å²) in [5.74, 6) is -0.814. The zero-order valence-corrected chi connectivity index (χ0v) is 18.8. The molecule has 0 radical (unpaired) electrons. The van der Waals surface area contributed by atoms with Crippen LogP contribution < -0.4 is 5.32 Å². The van der Waals surface area contributed by atoms with E-state index in [-0.39, 0.29) is 38.8 Å². The number of rotatable bonds is 2. The fourth-order valence-electron chi connectivity index (χ4n) is 4.96. The Kier molecular flexibility index (Phi) is 5.25. The number of phenolic OH excluding ortho intramolecular Hbond substituents is 1. The van der Waals surface area contributed by atoms with Gasteiger partial charge in [-0.15, -0.1) is 0 Å². The smallest absolute Gasteiger partial charge is 0.419 e. The van der Waals surface area contributed by atoms with Crippen LogP contribution in [0.3, 0.4) is 0 Å². The van der Waals surface area contributed by atoms with Crippen molar-refractivity contribution in [3.05, 3.63) is 58.3 Å². The molecule has 34 heavy (non-hydrogen) atoms. The van der Waals surface area contributed by atoms with Crippen molar-refractivity contribution in [3.8, 4) is 11.8 Å². The molecule has 0 spiro atoms. The normalized spacial score (nSPS) is 21.7. The molecule has 1 aliphatic carbocycles. The summed E-state index contributed by atoms with van der Waals surface area (Å²) in [5.41, 5.74) is -4.20. The third kappa shape index (κ3) is 3.51. The number of phenols is 1. The first-order chi connectivity index (χ1) is 15.7. The van der Waals surface area contributed by atoms with Gasteiger partial charge in [0, 0.05) is 28.9 Å². The minimum Gasteiger partial charge on any atom is -0.506 e. The van der Waals surface area contributed by atoms with Gasteiger partial charge in [-0.3, -0.25) is 0 Å². The van der Waals surface area contributed by atoms with Crippen LogP contribution in [-0.2, 0) is 5.41 Å². The monoisotopic (exact) mass is 474 g/mol. The van der Waals surface area contributed by atoms with Gasteiger partial charge in [0.25, 0.3) is 0 Å². The summed E-state index contributed by atoms with van der Waals surface area (Å²) in [7, 11) is 0. The molecule has 4 rings (SSSR count). The first-order valence-corrected chi connectivity index (χ1v) is 10.4. The van der Waals surface area contributed by atoms with Gasteiger partial charge < -0.3 is 15.5 Å². The van der Waals surface area contributed by atoms with Crippen molar-refractivity contribution in [1.29, 1.82) is 5.26 Å². The van der Waals surface area contributed by atoms with Crippen molar-refractivity contribution >= 4 is 16.6 Å². The Hall–Kier alpha value is -3.45. The van der Waals surface area contributed by atoms with E-state index in [9.17, 15) is 33.0 Å². The zero-order valence-electron chi connectivity index (χ0n) is 18.8. The van der Waals surface area contributed by atoms with Crippen molar-refractivity contribution in [2.45, 2.75) is 57.3 Å². The number of aryl methyl sites for hydroxylation is 2. The van der Waals surface area contributed by atoms with Crippen molar-refractivity contribution in [2.24, 2.45) is 0 Å². The molecule has 1 aromatic heterocycles. The molecule has 0 fully saturated rings. The lowest BCUT2D eigenvalue weighted by Crippen LogP contribution is -2.58. The van der Waals surface area contributed by atoms with Crippen molar-refractivity contribution < 1.29 is 27.8 Å². The lowest BCUT2D eigenvalue weighted by atomic mass is 9.62. The van der Waals surface area contributed by atoms with Gasteiger partial charge in [0.1, 0.15) is 23.5 Å². The summed E-state index contributed by atoms with van der Waals surface area (Å²) in [6.45, 7) is 6.00. The van der Waals surface area contributed by atoms with Gasteiger partial charge in [-0.1, -0.05) is 19.9 Å². The zero-order chi connectivity index (χ0) is 25.2. The molecule has 0 aliphatic heterocycles. The Morgan fingerprint density at radius 1 is 1.21 bits per heavy atom. The highest BCUT2D eigenvalue weighted by Gasteiger charge is 2.64. The second-order valence-corrected chi connectivity index (χ2v) is 9.36. The first kappa shape index (κ1) is 23.7. The Morgan fingerprint density at radius 2 is 1.88 bits per heavy atom. The van der Waals surface area contributed by atoms with E-state index in [1.54, 1.807) is 6.92 Å². The van der Waals surface area contributed by atoms with Crippen LogP contribution in [0.5, 0.6) is 5.75 Å². The number of aromatic hydroxyl groups is 1. The number of benzene rings is 2. The van der Waals surface area contributed by atoms with E-state index in [4.69, 9.17) is 0 Å². The van der Waals surface area contributed by atoms with E-state index in [0.29, 0.717) is 5.82 Å². The molecule has 6 nitrogen and oxygen atoms in total. The summed E-state index contributed by atoms with van der Waals surface area (Å²) < 4.78 is 57.6. The average molecular weight is 474 g/mol. The van der Waals surface area contributed by atoms with Gasteiger partial charge in [0.2, 0.25) is 0 Å². The van der Waals surface area contributed by atoms with Crippen LogP contribution in [0.2, 0.25) is 0 Å². The van der Waals surface area contributed by atoms with Crippen molar-refractivity contribution in [1.82, 2.24) is 9.97 Å². The molecule has 0 amide bonds. The fourth-order valence-corrected chi connectivity index (χ4v) is 4.96. The lowest BCUT2D eigenvalue weighted by molar-refractivity contribution is -0.275. The third-order valence-corrected chi connectivity index (χ3v) is 6.39. The number of aliphatic hydroxyl groups is 1. The predicted molar refractivity (Wildman–Crippen MR) is 117 cm³/mol. The molecule has 0 saturated carbocycles. The van der Waals surface area contributed by atoms with Crippen LogP contribution in [0.1, 0.15) is 54.4 Å². The lowest BCUT2D eigenvalue weighted by Gasteiger charge is -2.49. The number of hydrogen-bond donors (Lipinski definition) is 3. The third-order valence-electron chi connectivity index (χ3n) is 6.39. The summed E-state index contributed by atoms with van der Waals surface area (Å²) in [4.78, 5) is 8.20. The number of fused-ring (bicyclic) bond motifs is 2. The van der Waals surface area contributed by atoms with Gasteiger partial charge >= 0.3 is 6.18 Å². The number of halogens is 4. The molecule has 10 heteroatoms. The predicted octanol–water partition coefficient (Wildman–Crippen LogP) is 5.09. The largest absolute Gasteiger partial charge is 0.506 e. The topological polar surface area (TPSA) is 102 Å². The Bertz CT molecular complexity index is 1360. The van der Waals surface area contributed by atoms with E-state index in [1.165, 1.54) is 33.0 Å². The fraction of sp³-hybridized carbons (Fsp3) is 0.375. The van der Waals surface area contributed by atoms with Gasteiger partial charge in [-0.2, -0.15) is 18.4 Å². The molecular weight excluding hydrogens is 452 g/mol. The van der Waals surface area contributed by atoms with Crippen LogP contribution in [0.25, 0.3) is 10.9 Å². The van der Waals surface area contributed by atoms with Crippen molar-refractivity contribution in [2.75, 3.05) is 5.32 Å². The second kappa shape index (κ2) is 7.53. The summed E-state index contributed by atoms with van der Waals surface area (Å²) in [6.07, 6.45) is -4.52. The SMILES string of the molecule is Cc1ncc2c(NC3c4cc(C)c(C#N)c(O)c4C(C)(C)CC3(O)C(F)(F)F)cc(F)cc2n1. The number of nitriles is 1. The maximum Gasteiger partial charge on any atom is 0.419 e. The quantitative estimate of drug-likeness (QED) is 0.447. The number of nitrogens with zero attached hydrogens (tertiary/aromatic N) is 3. The highest BCUT2D eigenvalue weighted by atomic mass is 19.4. The highest BCUT2D eigenvalue weighted by molar-refractivity contribution is 5.91. The van der Waals surface area contributed by atoms with Gasteiger partial charge in [-0.25, -0.2) is 14.4 Å². The van der Waals surface area contributed by atoms with Crippen molar-refractivity contribution in [3.63, 3.8) is 0 Å². The standard InChI is InChI=1S/C24H22F4N4O2/c1-11-5-14-19(20(33)15(11)8-29)22(3,4)10-23(34,24(26,27)28)21(14)32-18-7-13(25)6-17-16(18)9-30-12(2)31-17/h5-7,9,21,32-34H,10H2,1-4H3. The van der Waals surface area contributed by atoms with E-state index >= 15 is 0 Å². The van der Waals surface area contributed by atoms with E-state index < -0.39 is 41.2 Å². The van der Waals surface area contributed by atoms with E-state index in [1.807, 2.05) is 6.07 Å². The van der Waals surface area contributed by atoms with Crippen LogP contribution in [-0.4, -0.2) is 32.0 Å². The average Bonchev–Trinajstić information content (AvgIpc) is 2.68. The maximum absolute atomic E-state index is 14.4. The van der Waals surface area contributed by atoms with E-state index in [0.717, 1.165) is 12.1 Å². The summed E-state index contributed by atoms with van der Waals surface area (Å²) in [6, 6.07) is 3.56. The molecule has 0 saturated heterocycles. The number of aromatic nitrogens is 2. The van der Waals surface area contributed by atoms with Gasteiger partial charge in [0.15, 0.2) is 5.60 Å². The molecule has 2 atom stereocenters. The number of nitrogens with one attached hydrogen (secondary N) is 1. The van der Waals surface area contributed by atoms with Gasteiger partial charge in [-0.05, 0) is 42.9 Å². The molecule has 1 heterocycles. The number of anilines is 1. The number of alkyl halides is 3. The summed E-state index contributed by atoms with van der Waals surface area (Å²) in [5, 5.41) is 34.4. The van der Waals surface area contributed by atoms with Crippen LogP contribution in [0, 0.1) is 31.0 Å². The molecule has 178 valence electrons. The Labute approximate surface area is 192 Å². The molecule has 2 unspecified atom stereocenters. The van der Waals surface area contributed by atoms with Gasteiger partial charge in [0.05, 0.1) is 17.1 Å². The summed E-state index contributed by atoms with van der Waals surface area (Å²) >= 11 is 0. The van der Waals surface area contributed by atoms with E-state index in [2.05, 4.69) is 15.3 Å². The second-order valence-electron chi connectivity index (χ2n) is 9.36. The molecular formula is C24H22F4N4O2. The maximum atomic E-state index is 14.4. The Balaban J connectivity index is 2.02.